The third kappa shape index (κ3) is 4.14. The average Bonchev–Trinajstić information content (AvgIpc) is 2.56. The molecule has 0 saturated heterocycles. The largest absolute Gasteiger partial charge is 0.422 e. The molecule has 23 heavy (non-hydrogen) atoms. The molecular formula is C18H14ClN2O2+. The fraction of sp³-hybridized carbons (Fsp3) is 0.0556. The van der Waals surface area contributed by atoms with E-state index >= 15 is 0 Å². The van der Waals surface area contributed by atoms with Crippen LogP contribution in [0.1, 0.15) is 16.1 Å². The van der Waals surface area contributed by atoms with Gasteiger partial charge in [0.05, 0.1) is 6.20 Å². The first-order valence-electron chi connectivity index (χ1n) is 7.07. The second-order valence-corrected chi connectivity index (χ2v) is 5.38. The molecule has 0 unspecified atom stereocenters. The van der Waals surface area contributed by atoms with Gasteiger partial charge in [-0.3, -0.25) is 0 Å². The van der Waals surface area contributed by atoms with Crippen LogP contribution in [0, 0.1) is 0 Å². The molecule has 0 amide bonds. The van der Waals surface area contributed by atoms with E-state index in [2.05, 4.69) is 4.98 Å². The van der Waals surface area contributed by atoms with Gasteiger partial charge in [-0.25, -0.2) is 9.78 Å². The second kappa shape index (κ2) is 7.03. The minimum absolute atomic E-state index is 0.239. The monoisotopic (exact) mass is 325 g/mol. The van der Waals surface area contributed by atoms with Crippen LogP contribution in [0.25, 0.3) is 0 Å². The maximum absolute atomic E-state index is 12.2. The standard InChI is InChI=1S/C18H14ClN2O2/c19-15-7-4-8-16(11-15)23-18(22)17-13-21(10-9-20-17)12-14-5-2-1-3-6-14/h1-11,13H,12H2/q+1. The number of benzene rings is 2. The fourth-order valence-electron chi connectivity index (χ4n) is 2.12. The predicted molar refractivity (Wildman–Crippen MR) is 86.4 cm³/mol. The molecule has 2 aromatic carbocycles. The maximum atomic E-state index is 12.2. The van der Waals surface area contributed by atoms with Gasteiger partial charge in [0.2, 0.25) is 11.9 Å². The number of hydrogen-bond donors (Lipinski definition) is 0. The van der Waals surface area contributed by atoms with E-state index in [0.717, 1.165) is 5.56 Å². The van der Waals surface area contributed by atoms with E-state index in [0.29, 0.717) is 17.3 Å². The van der Waals surface area contributed by atoms with Gasteiger partial charge in [-0.05, 0) is 18.2 Å². The van der Waals surface area contributed by atoms with Crippen molar-refractivity contribution in [2.24, 2.45) is 0 Å². The van der Waals surface area contributed by atoms with Crippen LogP contribution < -0.4 is 9.30 Å². The topological polar surface area (TPSA) is 43.1 Å². The zero-order chi connectivity index (χ0) is 16.1. The summed E-state index contributed by atoms with van der Waals surface area (Å²) in [6.07, 6.45) is 5.06. The van der Waals surface area contributed by atoms with Crippen LogP contribution in [-0.4, -0.2) is 11.0 Å². The number of ether oxygens (including phenoxy) is 1. The lowest BCUT2D eigenvalue weighted by atomic mass is 10.2. The van der Waals surface area contributed by atoms with Gasteiger partial charge >= 0.3 is 5.97 Å². The molecule has 0 fully saturated rings. The SMILES string of the molecule is O=C(Oc1cccc(Cl)c1)c1c[n+](Cc2ccccc2)ccn1. The van der Waals surface area contributed by atoms with Crippen molar-refractivity contribution < 1.29 is 14.1 Å². The molecule has 0 N–H and O–H groups in total. The van der Waals surface area contributed by atoms with Crippen LogP contribution in [0.2, 0.25) is 5.02 Å². The molecule has 114 valence electrons. The van der Waals surface area contributed by atoms with Crippen LogP contribution in [0.4, 0.5) is 0 Å². The van der Waals surface area contributed by atoms with Crippen LogP contribution in [0.5, 0.6) is 5.75 Å². The zero-order valence-corrected chi connectivity index (χ0v) is 13.0. The molecule has 0 saturated carbocycles. The molecule has 1 heterocycles. The maximum Gasteiger partial charge on any atom is 0.368 e. The van der Waals surface area contributed by atoms with Crippen LogP contribution in [0.3, 0.4) is 0 Å². The molecule has 1 aromatic heterocycles. The summed E-state index contributed by atoms with van der Waals surface area (Å²) in [6.45, 7) is 0.654. The van der Waals surface area contributed by atoms with Gasteiger partial charge in [0.15, 0.2) is 12.7 Å². The summed E-state index contributed by atoms with van der Waals surface area (Å²) in [5.74, 6) is -0.127. The van der Waals surface area contributed by atoms with Crippen LogP contribution in [0.15, 0.2) is 73.2 Å². The third-order valence-electron chi connectivity index (χ3n) is 3.18. The first-order valence-corrected chi connectivity index (χ1v) is 7.45. The summed E-state index contributed by atoms with van der Waals surface area (Å²) in [4.78, 5) is 16.3. The molecule has 0 spiro atoms. The number of esters is 1. The molecule has 0 radical (unpaired) electrons. The van der Waals surface area contributed by atoms with Crippen molar-refractivity contribution in [3.63, 3.8) is 0 Å². The van der Waals surface area contributed by atoms with Crippen molar-refractivity contribution in [2.45, 2.75) is 6.54 Å². The van der Waals surface area contributed by atoms with Crippen LogP contribution in [-0.2, 0) is 6.54 Å². The summed E-state index contributed by atoms with van der Waals surface area (Å²) in [5.41, 5.74) is 1.38. The summed E-state index contributed by atoms with van der Waals surface area (Å²) >= 11 is 5.88. The molecule has 3 aromatic rings. The average molecular weight is 326 g/mol. The summed E-state index contributed by atoms with van der Waals surface area (Å²) in [7, 11) is 0. The highest BCUT2D eigenvalue weighted by molar-refractivity contribution is 6.30. The zero-order valence-electron chi connectivity index (χ0n) is 12.2. The highest BCUT2D eigenvalue weighted by atomic mass is 35.5. The van der Waals surface area contributed by atoms with E-state index in [-0.39, 0.29) is 5.69 Å². The first kappa shape index (κ1) is 15.2. The van der Waals surface area contributed by atoms with E-state index in [1.165, 1.54) is 0 Å². The van der Waals surface area contributed by atoms with Crippen molar-refractivity contribution in [3.05, 3.63) is 89.5 Å². The molecule has 5 heteroatoms. The van der Waals surface area contributed by atoms with Gasteiger partial charge in [0, 0.05) is 10.6 Å². The number of aromatic nitrogens is 2. The van der Waals surface area contributed by atoms with E-state index in [9.17, 15) is 4.79 Å². The highest BCUT2D eigenvalue weighted by Gasteiger charge is 2.15. The number of halogens is 1. The number of rotatable bonds is 4. The minimum Gasteiger partial charge on any atom is -0.422 e. The van der Waals surface area contributed by atoms with Gasteiger partial charge in [-0.15, -0.1) is 0 Å². The Morgan fingerprint density at radius 3 is 2.74 bits per heavy atom. The molecule has 0 aliphatic rings. The van der Waals surface area contributed by atoms with Gasteiger partial charge in [-0.2, -0.15) is 4.57 Å². The van der Waals surface area contributed by atoms with Crippen molar-refractivity contribution in [1.29, 1.82) is 0 Å². The van der Waals surface area contributed by atoms with Gasteiger partial charge < -0.3 is 4.74 Å². The van der Waals surface area contributed by atoms with E-state index < -0.39 is 5.97 Å². The fourth-order valence-corrected chi connectivity index (χ4v) is 2.30. The Morgan fingerprint density at radius 2 is 1.96 bits per heavy atom. The van der Waals surface area contributed by atoms with Gasteiger partial charge in [0.25, 0.3) is 0 Å². The Hall–Kier alpha value is -2.72. The van der Waals surface area contributed by atoms with E-state index in [1.807, 2.05) is 41.1 Å². The molecule has 0 aliphatic carbocycles. The van der Waals surface area contributed by atoms with Crippen molar-refractivity contribution in [3.8, 4) is 5.75 Å². The van der Waals surface area contributed by atoms with E-state index in [1.54, 1.807) is 36.7 Å². The molecule has 4 nitrogen and oxygen atoms in total. The normalized spacial score (nSPS) is 10.3. The molecule has 0 aliphatic heterocycles. The molecule has 0 bridgehead atoms. The number of hydrogen-bond acceptors (Lipinski definition) is 3. The quantitative estimate of drug-likeness (QED) is 0.420. The molecule has 3 rings (SSSR count). The highest BCUT2D eigenvalue weighted by Crippen LogP contribution is 2.17. The number of carbonyl (C=O) groups excluding carboxylic acids is 1. The second-order valence-electron chi connectivity index (χ2n) is 4.95. The predicted octanol–water partition coefficient (Wildman–Crippen LogP) is 3.29. The summed E-state index contributed by atoms with van der Waals surface area (Å²) in [6, 6.07) is 16.7. The first-order chi connectivity index (χ1) is 11.2. The van der Waals surface area contributed by atoms with Gasteiger partial charge in [-0.1, -0.05) is 48.0 Å². The van der Waals surface area contributed by atoms with Crippen molar-refractivity contribution in [2.75, 3.05) is 0 Å². The minimum atomic E-state index is -0.519. The molecule has 0 atom stereocenters. The van der Waals surface area contributed by atoms with Gasteiger partial charge in [0.1, 0.15) is 5.75 Å². The lowest BCUT2D eigenvalue weighted by Crippen LogP contribution is -2.35. The Bertz CT molecular complexity index is 822. The van der Waals surface area contributed by atoms with E-state index in [4.69, 9.17) is 16.3 Å². The summed E-state index contributed by atoms with van der Waals surface area (Å²) in [5, 5.41) is 0.510. The lowest BCUT2D eigenvalue weighted by molar-refractivity contribution is -0.689. The Labute approximate surface area is 139 Å². The Balaban J connectivity index is 1.75. The third-order valence-corrected chi connectivity index (χ3v) is 3.42. The number of nitrogens with zero attached hydrogens (tertiary/aromatic N) is 2. The number of carbonyl (C=O) groups is 1. The summed E-state index contributed by atoms with van der Waals surface area (Å²) < 4.78 is 7.17. The lowest BCUT2D eigenvalue weighted by Gasteiger charge is -2.03. The van der Waals surface area contributed by atoms with Crippen molar-refractivity contribution >= 4 is 17.6 Å². The Morgan fingerprint density at radius 1 is 1.13 bits per heavy atom. The smallest absolute Gasteiger partial charge is 0.368 e. The Kier molecular flexibility index (Phi) is 4.64. The molecular weight excluding hydrogens is 312 g/mol. The van der Waals surface area contributed by atoms with Crippen LogP contribution >= 0.6 is 11.6 Å². The van der Waals surface area contributed by atoms with Crippen molar-refractivity contribution in [1.82, 2.24) is 4.98 Å².